The van der Waals surface area contributed by atoms with E-state index in [4.69, 9.17) is 9.84 Å². The van der Waals surface area contributed by atoms with Gasteiger partial charge in [-0.1, -0.05) is 30.3 Å². The molecule has 0 radical (unpaired) electrons. The van der Waals surface area contributed by atoms with E-state index in [-0.39, 0.29) is 24.4 Å². The number of carboxylic acids is 1. The lowest BCUT2D eigenvalue weighted by Gasteiger charge is -2.30. The lowest BCUT2D eigenvalue weighted by atomic mass is 10.1. The number of thiazole rings is 1. The van der Waals surface area contributed by atoms with Crippen molar-refractivity contribution >= 4 is 23.2 Å². The Morgan fingerprint density at radius 3 is 2.78 bits per heavy atom. The molecule has 0 saturated carbocycles. The third-order valence-corrected chi connectivity index (χ3v) is 5.84. The topological polar surface area (TPSA) is 83.0 Å². The summed E-state index contributed by atoms with van der Waals surface area (Å²) in [5, 5.41) is 11.8. The number of benzene rings is 1. The molecule has 1 aromatic carbocycles. The SMILES string of the molecule is O=C(O)CN1C[C@H]2COC[C@@H]1CN(C(=O)c1csc(-c3ccccc3)n1)C2. The molecule has 2 aromatic rings. The Hall–Kier alpha value is -2.29. The summed E-state index contributed by atoms with van der Waals surface area (Å²) < 4.78 is 5.68. The van der Waals surface area contributed by atoms with Crippen LogP contribution >= 0.6 is 11.3 Å². The number of carboxylic acid groups (broad SMARTS) is 1. The van der Waals surface area contributed by atoms with Gasteiger partial charge in [0.25, 0.3) is 5.91 Å². The summed E-state index contributed by atoms with van der Waals surface area (Å²) in [4.78, 5) is 32.5. The van der Waals surface area contributed by atoms with Gasteiger partial charge in [0.15, 0.2) is 0 Å². The number of rotatable bonds is 4. The first-order valence-corrected chi connectivity index (χ1v) is 9.82. The Balaban J connectivity index is 1.52. The second-order valence-electron chi connectivity index (χ2n) is 6.99. The second kappa shape index (κ2) is 7.75. The van der Waals surface area contributed by atoms with Crippen molar-refractivity contribution in [3.63, 3.8) is 0 Å². The van der Waals surface area contributed by atoms with Crippen molar-refractivity contribution in [2.45, 2.75) is 6.04 Å². The van der Waals surface area contributed by atoms with Crippen LogP contribution in [0.2, 0.25) is 0 Å². The Bertz CT molecular complexity index is 825. The van der Waals surface area contributed by atoms with E-state index in [1.807, 2.05) is 40.1 Å². The largest absolute Gasteiger partial charge is 0.480 e. The van der Waals surface area contributed by atoms with Crippen LogP contribution in [0.5, 0.6) is 0 Å². The van der Waals surface area contributed by atoms with Crippen molar-refractivity contribution in [2.24, 2.45) is 5.92 Å². The first-order valence-electron chi connectivity index (χ1n) is 8.94. The quantitative estimate of drug-likeness (QED) is 0.859. The Morgan fingerprint density at radius 2 is 2.00 bits per heavy atom. The molecular weight excluding hydrogens is 366 g/mol. The van der Waals surface area contributed by atoms with E-state index in [0.717, 1.165) is 10.6 Å². The van der Waals surface area contributed by atoms with Gasteiger partial charge < -0.3 is 14.7 Å². The molecule has 2 bridgehead atoms. The molecule has 2 aliphatic heterocycles. The Labute approximate surface area is 161 Å². The summed E-state index contributed by atoms with van der Waals surface area (Å²) in [5.41, 5.74) is 1.44. The van der Waals surface area contributed by atoms with Gasteiger partial charge in [-0.25, -0.2) is 4.98 Å². The Kier molecular flexibility index (Phi) is 5.20. The minimum atomic E-state index is -0.854. The summed E-state index contributed by atoms with van der Waals surface area (Å²) in [6, 6.07) is 9.69. The maximum atomic E-state index is 13.1. The zero-order chi connectivity index (χ0) is 18.8. The summed E-state index contributed by atoms with van der Waals surface area (Å²) in [7, 11) is 0. The van der Waals surface area contributed by atoms with Gasteiger partial charge in [-0.15, -0.1) is 11.3 Å². The maximum absolute atomic E-state index is 13.1. The van der Waals surface area contributed by atoms with Crippen LogP contribution in [0.3, 0.4) is 0 Å². The van der Waals surface area contributed by atoms with Crippen molar-refractivity contribution < 1.29 is 19.4 Å². The van der Waals surface area contributed by atoms with Crippen molar-refractivity contribution in [2.75, 3.05) is 39.4 Å². The number of aromatic nitrogens is 1. The highest BCUT2D eigenvalue weighted by atomic mass is 32.1. The van der Waals surface area contributed by atoms with E-state index in [9.17, 15) is 9.59 Å². The first-order chi connectivity index (χ1) is 13.1. The van der Waals surface area contributed by atoms with E-state index in [0.29, 0.717) is 38.5 Å². The molecule has 0 spiro atoms. The third-order valence-electron chi connectivity index (χ3n) is 4.95. The molecule has 2 atom stereocenters. The standard InChI is InChI=1S/C19H21N3O4S/c23-17(24)9-21-6-13-7-22(8-15(21)11-26-10-13)19(25)16-12-27-18(20-16)14-4-2-1-3-5-14/h1-5,12-13,15H,6-11H2,(H,23,24)/t13-,15+/m1/s1. The highest BCUT2D eigenvalue weighted by Crippen LogP contribution is 2.25. The molecule has 2 saturated heterocycles. The fraction of sp³-hybridized carbons (Fsp3) is 0.421. The fourth-order valence-corrected chi connectivity index (χ4v) is 4.51. The van der Waals surface area contributed by atoms with Crippen LogP contribution in [-0.2, 0) is 9.53 Å². The fourth-order valence-electron chi connectivity index (χ4n) is 3.71. The van der Waals surface area contributed by atoms with Crippen LogP contribution < -0.4 is 0 Å². The summed E-state index contributed by atoms with van der Waals surface area (Å²) in [6.07, 6.45) is 0. The predicted octanol–water partition coefficient (Wildman–Crippen LogP) is 1.67. The van der Waals surface area contributed by atoms with Crippen LogP contribution in [-0.4, -0.2) is 77.2 Å². The highest BCUT2D eigenvalue weighted by molar-refractivity contribution is 7.13. The number of carbonyl (C=O) groups excluding carboxylic acids is 1. The monoisotopic (exact) mass is 387 g/mol. The van der Waals surface area contributed by atoms with E-state index < -0.39 is 5.97 Å². The number of carbonyl (C=O) groups is 2. The maximum Gasteiger partial charge on any atom is 0.317 e. The number of amides is 1. The minimum Gasteiger partial charge on any atom is -0.480 e. The molecule has 0 aliphatic carbocycles. The van der Waals surface area contributed by atoms with E-state index >= 15 is 0 Å². The Morgan fingerprint density at radius 1 is 1.19 bits per heavy atom. The number of aliphatic carboxylic acids is 1. The molecule has 0 unspecified atom stereocenters. The molecular formula is C19H21N3O4S. The van der Waals surface area contributed by atoms with E-state index in [1.54, 1.807) is 5.38 Å². The number of nitrogens with zero attached hydrogens (tertiary/aromatic N) is 3. The first kappa shape index (κ1) is 18.1. The summed E-state index contributed by atoms with van der Waals surface area (Å²) in [6.45, 7) is 2.61. The van der Waals surface area contributed by atoms with Gasteiger partial charge in [0.1, 0.15) is 10.7 Å². The third kappa shape index (κ3) is 4.02. The van der Waals surface area contributed by atoms with Gasteiger partial charge in [-0.3, -0.25) is 14.5 Å². The van der Waals surface area contributed by atoms with Gasteiger partial charge >= 0.3 is 5.97 Å². The lowest BCUT2D eigenvalue weighted by Crippen LogP contribution is -2.47. The van der Waals surface area contributed by atoms with Crippen LogP contribution in [0.15, 0.2) is 35.7 Å². The molecule has 4 rings (SSSR count). The summed E-state index contributed by atoms with van der Waals surface area (Å²) in [5.74, 6) is -0.844. The molecule has 1 N–H and O–H groups in total. The molecule has 2 fully saturated rings. The molecule has 1 amide bonds. The molecule has 7 nitrogen and oxygen atoms in total. The minimum absolute atomic E-state index is 0.0264. The van der Waals surface area contributed by atoms with Crippen molar-refractivity contribution in [3.8, 4) is 10.6 Å². The van der Waals surface area contributed by atoms with Gasteiger partial charge in [0, 0.05) is 36.5 Å². The zero-order valence-electron chi connectivity index (χ0n) is 14.8. The molecule has 8 heteroatoms. The number of hydrogen-bond donors (Lipinski definition) is 1. The smallest absolute Gasteiger partial charge is 0.317 e. The molecule has 2 aliphatic rings. The predicted molar refractivity (Wildman–Crippen MR) is 101 cm³/mol. The molecule has 142 valence electrons. The molecule has 1 aromatic heterocycles. The zero-order valence-corrected chi connectivity index (χ0v) is 15.6. The highest BCUT2D eigenvalue weighted by Gasteiger charge is 2.36. The molecule has 3 heterocycles. The normalized spacial score (nSPS) is 23.0. The van der Waals surface area contributed by atoms with Crippen molar-refractivity contribution in [1.82, 2.24) is 14.8 Å². The van der Waals surface area contributed by atoms with Crippen molar-refractivity contribution in [1.29, 1.82) is 0 Å². The average molecular weight is 387 g/mol. The van der Waals surface area contributed by atoms with E-state index in [1.165, 1.54) is 11.3 Å². The van der Waals surface area contributed by atoms with Crippen LogP contribution in [0.4, 0.5) is 0 Å². The summed E-state index contributed by atoms with van der Waals surface area (Å²) >= 11 is 1.46. The van der Waals surface area contributed by atoms with Gasteiger partial charge in [0.2, 0.25) is 0 Å². The number of ether oxygens (including phenoxy) is 1. The number of fused-ring (bicyclic) bond motifs is 3. The average Bonchev–Trinajstić information content (AvgIpc) is 2.98. The van der Waals surface area contributed by atoms with E-state index in [2.05, 4.69) is 4.98 Å². The van der Waals surface area contributed by atoms with Crippen molar-refractivity contribution in [3.05, 3.63) is 41.4 Å². The van der Waals surface area contributed by atoms with Crippen LogP contribution in [0.25, 0.3) is 10.6 Å². The number of hydrogen-bond acceptors (Lipinski definition) is 6. The lowest BCUT2D eigenvalue weighted by molar-refractivity contribution is -0.139. The van der Waals surface area contributed by atoms with Gasteiger partial charge in [-0.05, 0) is 0 Å². The van der Waals surface area contributed by atoms with Gasteiger partial charge in [-0.2, -0.15) is 0 Å². The molecule has 27 heavy (non-hydrogen) atoms. The van der Waals surface area contributed by atoms with Gasteiger partial charge in [0.05, 0.1) is 25.8 Å². The van der Waals surface area contributed by atoms with Crippen LogP contribution in [0.1, 0.15) is 10.5 Å². The second-order valence-corrected chi connectivity index (χ2v) is 7.85. The van der Waals surface area contributed by atoms with Crippen LogP contribution in [0, 0.1) is 5.92 Å².